The summed E-state index contributed by atoms with van der Waals surface area (Å²) in [7, 11) is 1.55. The van der Waals surface area contributed by atoms with Crippen molar-refractivity contribution in [3.05, 3.63) is 65.7 Å². The number of methoxy groups -OCH3 is 1. The van der Waals surface area contributed by atoms with Crippen LogP contribution in [0.15, 0.2) is 54.6 Å². The number of hydrogen-bond acceptors (Lipinski definition) is 4. The van der Waals surface area contributed by atoms with Crippen LogP contribution in [0.25, 0.3) is 11.6 Å². The van der Waals surface area contributed by atoms with Gasteiger partial charge in [-0.05, 0) is 24.6 Å². The summed E-state index contributed by atoms with van der Waals surface area (Å²) in [5, 5.41) is 0. The molecule has 2 rings (SSSR count). The molecule has 4 heteroatoms. The molecule has 0 N–H and O–H groups in total. The van der Waals surface area contributed by atoms with Crippen molar-refractivity contribution >= 4 is 17.6 Å². The number of carbonyl (C=O) groups is 1. The normalized spacial score (nSPS) is 11.1. The number of ether oxygens (including phenoxy) is 3. The Morgan fingerprint density at radius 1 is 1.04 bits per heavy atom. The van der Waals surface area contributed by atoms with Crippen LogP contribution in [0.5, 0.6) is 5.75 Å². The Morgan fingerprint density at radius 2 is 1.74 bits per heavy atom. The molecule has 4 nitrogen and oxygen atoms in total. The standard InChI is InChI=1S/C19H20O4/c1-3-22-19(20)17(13-15-9-5-4-6-10-15)16-11-7-8-12-18(16)23-14-21-2/h4-13H,3,14H2,1-2H3/b17-13+. The number of benzene rings is 2. The molecule has 0 amide bonds. The van der Waals surface area contributed by atoms with Crippen molar-refractivity contribution < 1.29 is 19.0 Å². The third-order valence-electron chi connectivity index (χ3n) is 3.12. The number of para-hydroxylation sites is 1. The SMILES string of the molecule is CCOC(=O)/C(=C/c1ccccc1)c1ccccc1OCOC. The zero-order chi connectivity index (χ0) is 16.5. The number of hydrogen-bond donors (Lipinski definition) is 0. The van der Waals surface area contributed by atoms with E-state index in [0.717, 1.165) is 5.56 Å². The van der Waals surface area contributed by atoms with Gasteiger partial charge in [0, 0.05) is 12.7 Å². The Balaban J connectivity index is 2.46. The fourth-order valence-corrected chi connectivity index (χ4v) is 2.11. The van der Waals surface area contributed by atoms with Crippen LogP contribution in [0.3, 0.4) is 0 Å². The second kappa shape index (κ2) is 8.76. The second-order valence-electron chi connectivity index (χ2n) is 4.74. The minimum absolute atomic E-state index is 0.110. The van der Waals surface area contributed by atoms with E-state index < -0.39 is 0 Å². The van der Waals surface area contributed by atoms with Gasteiger partial charge >= 0.3 is 5.97 Å². The molecule has 0 spiro atoms. The van der Waals surface area contributed by atoms with Crippen molar-refractivity contribution in [2.75, 3.05) is 20.5 Å². The highest BCUT2D eigenvalue weighted by molar-refractivity contribution is 6.22. The van der Waals surface area contributed by atoms with Crippen LogP contribution in [0.1, 0.15) is 18.1 Å². The highest BCUT2D eigenvalue weighted by Gasteiger charge is 2.17. The topological polar surface area (TPSA) is 44.8 Å². The first-order chi connectivity index (χ1) is 11.3. The van der Waals surface area contributed by atoms with Crippen molar-refractivity contribution in [3.63, 3.8) is 0 Å². The lowest BCUT2D eigenvalue weighted by molar-refractivity contribution is -0.136. The van der Waals surface area contributed by atoms with Crippen molar-refractivity contribution in [1.82, 2.24) is 0 Å². The predicted octanol–water partition coefficient (Wildman–Crippen LogP) is 3.77. The third-order valence-corrected chi connectivity index (χ3v) is 3.12. The van der Waals surface area contributed by atoms with Gasteiger partial charge in [-0.25, -0.2) is 4.79 Å². The van der Waals surface area contributed by atoms with Gasteiger partial charge in [0.1, 0.15) is 5.75 Å². The number of esters is 1. The van der Waals surface area contributed by atoms with Gasteiger partial charge in [0.05, 0.1) is 12.2 Å². The highest BCUT2D eigenvalue weighted by atomic mass is 16.7. The fourth-order valence-electron chi connectivity index (χ4n) is 2.11. The number of carbonyl (C=O) groups excluding carboxylic acids is 1. The number of rotatable bonds is 7. The van der Waals surface area contributed by atoms with Crippen molar-refractivity contribution in [3.8, 4) is 5.75 Å². The third kappa shape index (κ3) is 4.69. The summed E-state index contributed by atoms with van der Waals surface area (Å²) in [6.07, 6.45) is 1.80. The van der Waals surface area contributed by atoms with Gasteiger partial charge in [0.15, 0.2) is 6.79 Å². The van der Waals surface area contributed by atoms with Crippen LogP contribution < -0.4 is 4.74 Å². The Kier molecular flexibility index (Phi) is 6.39. The Hall–Kier alpha value is -2.59. The van der Waals surface area contributed by atoms with Crippen molar-refractivity contribution in [2.24, 2.45) is 0 Å². The van der Waals surface area contributed by atoms with Crippen LogP contribution in [0, 0.1) is 0 Å². The molecule has 2 aromatic rings. The van der Waals surface area contributed by atoms with E-state index in [1.165, 1.54) is 0 Å². The van der Waals surface area contributed by atoms with Gasteiger partial charge in [-0.2, -0.15) is 0 Å². The smallest absolute Gasteiger partial charge is 0.338 e. The molecule has 0 atom stereocenters. The first-order valence-corrected chi connectivity index (χ1v) is 7.41. The predicted molar refractivity (Wildman–Crippen MR) is 89.9 cm³/mol. The molecular weight excluding hydrogens is 292 g/mol. The molecule has 23 heavy (non-hydrogen) atoms. The van der Waals surface area contributed by atoms with Crippen LogP contribution >= 0.6 is 0 Å². The summed E-state index contributed by atoms with van der Waals surface area (Å²) < 4.78 is 15.7. The maximum atomic E-state index is 12.4. The molecule has 0 saturated heterocycles. The first kappa shape index (κ1) is 16.8. The van der Waals surface area contributed by atoms with E-state index in [1.807, 2.05) is 48.5 Å². The molecule has 0 heterocycles. The molecule has 0 saturated carbocycles. The molecule has 0 aromatic heterocycles. The fraction of sp³-hybridized carbons (Fsp3) is 0.211. The molecule has 2 aromatic carbocycles. The summed E-state index contributed by atoms with van der Waals surface area (Å²) in [4.78, 5) is 12.4. The lowest BCUT2D eigenvalue weighted by atomic mass is 10.0. The summed E-state index contributed by atoms with van der Waals surface area (Å²) in [5.41, 5.74) is 2.04. The molecule has 0 aliphatic heterocycles. The Morgan fingerprint density at radius 3 is 2.43 bits per heavy atom. The van der Waals surface area contributed by atoms with E-state index in [0.29, 0.717) is 23.5 Å². The largest absolute Gasteiger partial charge is 0.467 e. The van der Waals surface area contributed by atoms with Gasteiger partial charge in [0.25, 0.3) is 0 Å². The van der Waals surface area contributed by atoms with Crippen molar-refractivity contribution in [1.29, 1.82) is 0 Å². The van der Waals surface area contributed by atoms with E-state index in [2.05, 4.69) is 0 Å². The van der Waals surface area contributed by atoms with Gasteiger partial charge in [-0.15, -0.1) is 0 Å². The van der Waals surface area contributed by atoms with Crippen LogP contribution in [-0.4, -0.2) is 26.5 Å². The Labute approximate surface area is 136 Å². The van der Waals surface area contributed by atoms with Gasteiger partial charge in [0.2, 0.25) is 0 Å². The maximum Gasteiger partial charge on any atom is 0.338 e. The van der Waals surface area contributed by atoms with Crippen molar-refractivity contribution in [2.45, 2.75) is 6.92 Å². The minimum Gasteiger partial charge on any atom is -0.467 e. The van der Waals surface area contributed by atoms with Gasteiger partial charge in [-0.1, -0.05) is 48.5 Å². The maximum absolute atomic E-state index is 12.4. The minimum atomic E-state index is -0.384. The molecule has 0 aliphatic carbocycles. The van der Waals surface area contributed by atoms with Crippen LogP contribution in [-0.2, 0) is 14.3 Å². The quantitative estimate of drug-likeness (QED) is 0.338. The molecule has 0 fully saturated rings. The highest BCUT2D eigenvalue weighted by Crippen LogP contribution is 2.28. The van der Waals surface area contributed by atoms with Crippen LogP contribution in [0.2, 0.25) is 0 Å². The average Bonchev–Trinajstić information content (AvgIpc) is 2.59. The summed E-state index contributed by atoms with van der Waals surface area (Å²) in [6.45, 7) is 2.20. The van der Waals surface area contributed by atoms with E-state index in [-0.39, 0.29) is 12.8 Å². The van der Waals surface area contributed by atoms with E-state index in [4.69, 9.17) is 14.2 Å². The van der Waals surface area contributed by atoms with E-state index in [1.54, 1.807) is 26.2 Å². The molecular formula is C19H20O4. The van der Waals surface area contributed by atoms with Crippen LogP contribution in [0.4, 0.5) is 0 Å². The molecule has 0 bridgehead atoms. The van der Waals surface area contributed by atoms with Gasteiger partial charge in [-0.3, -0.25) is 0 Å². The Bertz CT molecular complexity index is 662. The zero-order valence-corrected chi connectivity index (χ0v) is 13.3. The van der Waals surface area contributed by atoms with E-state index >= 15 is 0 Å². The summed E-state index contributed by atoms with van der Waals surface area (Å²) in [5.74, 6) is 0.189. The van der Waals surface area contributed by atoms with E-state index in [9.17, 15) is 4.79 Å². The molecule has 0 aliphatic rings. The lowest BCUT2D eigenvalue weighted by Gasteiger charge is -2.13. The van der Waals surface area contributed by atoms with Gasteiger partial charge < -0.3 is 14.2 Å². The first-order valence-electron chi connectivity index (χ1n) is 7.41. The molecule has 0 unspecified atom stereocenters. The second-order valence-corrected chi connectivity index (χ2v) is 4.74. The summed E-state index contributed by atoms with van der Waals surface area (Å²) in [6, 6.07) is 17.0. The average molecular weight is 312 g/mol. The molecule has 120 valence electrons. The monoisotopic (exact) mass is 312 g/mol. The lowest BCUT2D eigenvalue weighted by Crippen LogP contribution is -2.09. The molecule has 0 radical (unpaired) electrons. The summed E-state index contributed by atoms with van der Waals surface area (Å²) >= 11 is 0. The zero-order valence-electron chi connectivity index (χ0n) is 13.3.